The third-order valence-corrected chi connectivity index (χ3v) is 3.87. The molecule has 1 amide bonds. The maximum absolute atomic E-state index is 11.8. The molecule has 1 rings (SSSR count). The molecule has 1 aliphatic heterocycles. The third kappa shape index (κ3) is 4.28. The quantitative estimate of drug-likeness (QED) is 0.754. The molecular weight excluding hydrogens is 214 g/mol. The Morgan fingerprint density at radius 3 is 2.76 bits per heavy atom. The summed E-state index contributed by atoms with van der Waals surface area (Å²) < 4.78 is 0. The van der Waals surface area contributed by atoms with Crippen LogP contribution in [-0.2, 0) is 4.79 Å². The second kappa shape index (κ2) is 6.97. The molecule has 0 aromatic rings. The lowest BCUT2D eigenvalue weighted by Crippen LogP contribution is -2.48. The number of nitrogens with one attached hydrogen (secondary N) is 1. The van der Waals surface area contributed by atoms with Gasteiger partial charge in [-0.2, -0.15) is 0 Å². The molecule has 3 N–H and O–H groups in total. The van der Waals surface area contributed by atoms with Crippen molar-refractivity contribution in [3.63, 3.8) is 0 Å². The first kappa shape index (κ1) is 14.5. The summed E-state index contributed by atoms with van der Waals surface area (Å²) in [6.07, 6.45) is 3.76. The van der Waals surface area contributed by atoms with Crippen LogP contribution in [0.3, 0.4) is 0 Å². The van der Waals surface area contributed by atoms with E-state index in [1.165, 1.54) is 25.8 Å². The Morgan fingerprint density at radius 2 is 2.18 bits per heavy atom. The standard InChI is InChI=1S/C13H27N3O/c1-4-16-8-6-5-7-12(16)9-15-13(17)10(2)11(3)14/h10-12H,4-9,14H2,1-3H3,(H,15,17). The predicted octanol–water partition coefficient (Wildman–Crippen LogP) is 0.960. The zero-order valence-corrected chi connectivity index (χ0v) is 11.4. The van der Waals surface area contributed by atoms with Crippen molar-refractivity contribution in [2.45, 2.75) is 52.1 Å². The molecule has 17 heavy (non-hydrogen) atoms. The lowest BCUT2D eigenvalue weighted by molar-refractivity contribution is -0.125. The molecule has 1 saturated heterocycles. The van der Waals surface area contributed by atoms with Crippen LogP contribution >= 0.6 is 0 Å². The smallest absolute Gasteiger partial charge is 0.224 e. The number of likely N-dealkylation sites (N-methyl/N-ethyl adjacent to an activating group) is 1. The van der Waals surface area contributed by atoms with Gasteiger partial charge in [0, 0.05) is 24.5 Å². The normalized spacial score (nSPS) is 25.3. The van der Waals surface area contributed by atoms with Gasteiger partial charge in [-0.1, -0.05) is 20.3 Å². The monoisotopic (exact) mass is 241 g/mol. The second-order valence-electron chi connectivity index (χ2n) is 5.17. The first-order valence-corrected chi connectivity index (χ1v) is 6.83. The molecule has 0 bridgehead atoms. The van der Waals surface area contributed by atoms with Gasteiger partial charge < -0.3 is 11.1 Å². The SMILES string of the molecule is CCN1CCCCC1CNC(=O)C(C)C(C)N. The summed E-state index contributed by atoms with van der Waals surface area (Å²) in [5.74, 6) is -0.0182. The summed E-state index contributed by atoms with van der Waals surface area (Å²) in [5, 5.41) is 3.04. The zero-order valence-electron chi connectivity index (χ0n) is 11.4. The van der Waals surface area contributed by atoms with Crippen LogP contribution in [0, 0.1) is 5.92 Å². The Hall–Kier alpha value is -0.610. The molecule has 0 spiro atoms. The fraction of sp³-hybridized carbons (Fsp3) is 0.923. The molecule has 0 radical (unpaired) electrons. The summed E-state index contributed by atoms with van der Waals surface area (Å²) in [6.45, 7) is 8.96. The van der Waals surface area contributed by atoms with Crippen LogP contribution < -0.4 is 11.1 Å². The summed E-state index contributed by atoms with van der Waals surface area (Å²) in [6, 6.07) is 0.432. The number of rotatable bonds is 5. The number of nitrogens with two attached hydrogens (primary N) is 1. The van der Waals surface area contributed by atoms with Gasteiger partial charge in [0.15, 0.2) is 0 Å². The minimum Gasteiger partial charge on any atom is -0.354 e. The fourth-order valence-corrected chi connectivity index (χ4v) is 2.33. The lowest BCUT2D eigenvalue weighted by Gasteiger charge is -2.35. The first-order chi connectivity index (χ1) is 8.06. The predicted molar refractivity (Wildman–Crippen MR) is 70.7 cm³/mol. The van der Waals surface area contributed by atoms with Crippen molar-refractivity contribution in [2.24, 2.45) is 11.7 Å². The molecule has 1 heterocycles. The van der Waals surface area contributed by atoms with E-state index in [-0.39, 0.29) is 17.9 Å². The number of hydrogen-bond donors (Lipinski definition) is 2. The highest BCUT2D eigenvalue weighted by Crippen LogP contribution is 2.15. The number of hydrogen-bond acceptors (Lipinski definition) is 3. The largest absolute Gasteiger partial charge is 0.354 e. The van der Waals surface area contributed by atoms with Gasteiger partial charge in [0.05, 0.1) is 0 Å². The highest BCUT2D eigenvalue weighted by atomic mass is 16.1. The molecule has 4 nitrogen and oxygen atoms in total. The number of carbonyl (C=O) groups excluding carboxylic acids is 1. The first-order valence-electron chi connectivity index (χ1n) is 6.83. The Morgan fingerprint density at radius 1 is 1.47 bits per heavy atom. The molecule has 1 fully saturated rings. The average Bonchev–Trinajstić information content (AvgIpc) is 2.35. The third-order valence-electron chi connectivity index (χ3n) is 3.87. The van der Waals surface area contributed by atoms with Crippen LogP contribution in [-0.4, -0.2) is 42.5 Å². The van der Waals surface area contributed by atoms with Gasteiger partial charge in [0.1, 0.15) is 0 Å². The van der Waals surface area contributed by atoms with Crippen LogP contribution in [0.1, 0.15) is 40.0 Å². The van der Waals surface area contributed by atoms with E-state index in [4.69, 9.17) is 5.73 Å². The van der Waals surface area contributed by atoms with Crippen LogP contribution in [0.4, 0.5) is 0 Å². The fourth-order valence-electron chi connectivity index (χ4n) is 2.33. The number of nitrogens with zero attached hydrogens (tertiary/aromatic N) is 1. The number of piperidine rings is 1. The molecule has 3 atom stereocenters. The van der Waals surface area contributed by atoms with Gasteiger partial charge in [0.2, 0.25) is 5.91 Å². The van der Waals surface area contributed by atoms with Crippen molar-refractivity contribution in [1.29, 1.82) is 0 Å². The molecule has 0 aromatic heterocycles. The van der Waals surface area contributed by atoms with Crippen molar-refractivity contribution >= 4 is 5.91 Å². The maximum Gasteiger partial charge on any atom is 0.224 e. The maximum atomic E-state index is 11.8. The Kier molecular flexibility index (Phi) is 5.92. The summed E-state index contributed by atoms with van der Waals surface area (Å²) in [7, 11) is 0. The summed E-state index contributed by atoms with van der Waals surface area (Å²) in [5.41, 5.74) is 5.73. The van der Waals surface area contributed by atoms with Crippen molar-refractivity contribution in [2.75, 3.05) is 19.6 Å². The topological polar surface area (TPSA) is 58.4 Å². The zero-order chi connectivity index (χ0) is 12.8. The average molecular weight is 241 g/mol. The minimum atomic E-state index is -0.103. The van der Waals surface area contributed by atoms with Crippen molar-refractivity contribution < 1.29 is 4.79 Å². The molecule has 0 saturated carbocycles. The van der Waals surface area contributed by atoms with Crippen LogP contribution in [0.2, 0.25) is 0 Å². The minimum absolute atomic E-state index is 0.0800. The number of likely N-dealkylation sites (tertiary alicyclic amines) is 1. The second-order valence-corrected chi connectivity index (χ2v) is 5.17. The van der Waals surface area contributed by atoms with Gasteiger partial charge >= 0.3 is 0 Å². The van der Waals surface area contributed by atoms with Crippen molar-refractivity contribution in [3.8, 4) is 0 Å². The van der Waals surface area contributed by atoms with E-state index in [2.05, 4.69) is 17.1 Å². The van der Waals surface area contributed by atoms with Crippen LogP contribution in [0.15, 0.2) is 0 Å². The Balaban J connectivity index is 2.35. The Bertz CT molecular complexity index is 243. The van der Waals surface area contributed by atoms with Gasteiger partial charge in [-0.3, -0.25) is 9.69 Å². The van der Waals surface area contributed by atoms with E-state index in [1.54, 1.807) is 0 Å². The van der Waals surface area contributed by atoms with E-state index >= 15 is 0 Å². The van der Waals surface area contributed by atoms with E-state index in [0.29, 0.717) is 6.04 Å². The van der Waals surface area contributed by atoms with Gasteiger partial charge in [0.25, 0.3) is 0 Å². The molecule has 0 aliphatic carbocycles. The van der Waals surface area contributed by atoms with Gasteiger partial charge in [-0.05, 0) is 32.9 Å². The molecule has 0 aromatic carbocycles. The summed E-state index contributed by atoms with van der Waals surface area (Å²) in [4.78, 5) is 14.3. The molecule has 100 valence electrons. The van der Waals surface area contributed by atoms with Crippen LogP contribution in [0.5, 0.6) is 0 Å². The van der Waals surface area contributed by atoms with Gasteiger partial charge in [-0.25, -0.2) is 0 Å². The molecular formula is C13H27N3O. The highest BCUT2D eigenvalue weighted by Gasteiger charge is 2.23. The lowest BCUT2D eigenvalue weighted by atomic mass is 10.0. The van der Waals surface area contributed by atoms with Crippen LogP contribution in [0.25, 0.3) is 0 Å². The van der Waals surface area contributed by atoms with E-state index in [0.717, 1.165) is 13.1 Å². The number of carbonyl (C=O) groups is 1. The summed E-state index contributed by atoms with van der Waals surface area (Å²) >= 11 is 0. The highest BCUT2D eigenvalue weighted by molar-refractivity contribution is 5.78. The molecule has 3 unspecified atom stereocenters. The van der Waals surface area contributed by atoms with Crippen molar-refractivity contribution in [1.82, 2.24) is 10.2 Å². The van der Waals surface area contributed by atoms with E-state index in [1.807, 2.05) is 13.8 Å². The van der Waals surface area contributed by atoms with Crippen molar-refractivity contribution in [3.05, 3.63) is 0 Å². The van der Waals surface area contributed by atoms with Gasteiger partial charge in [-0.15, -0.1) is 0 Å². The molecule has 1 aliphatic rings. The van der Waals surface area contributed by atoms with E-state index < -0.39 is 0 Å². The molecule has 4 heteroatoms. The number of amides is 1. The van der Waals surface area contributed by atoms with E-state index in [9.17, 15) is 4.79 Å². The Labute approximate surface area is 105 Å².